The summed E-state index contributed by atoms with van der Waals surface area (Å²) in [5, 5.41) is 13.8. The van der Waals surface area contributed by atoms with E-state index >= 15 is 0 Å². The second-order valence-corrected chi connectivity index (χ2v) is 5.02. The van der Waals surface area contributed by atoms with Crippen molar-refractivity contribution >= 4 is 0 Å². The van der Waals surface area contributed by atoms with Crippen LogP contribution in [0.15, 0.2) is 0 Å². The van der Waals surface area contributed by atoms with Gasteiger partial charge in [0.2, 0.25) is 0 Å². The van der Waals surface area contributed by atoms with Gasteiger partial charge in [-0.2, -0.15) is 0 Å². The summed E-state index contributed by atoms with van der Waals surface area (Å²) >= 11 is 0. The first-order valence-electron chi connectivity index (χ1n) is 6.61. The Morgan fingerprint density at radius 1 is 1.20 bits per heavy atom. The first kappa shape index (κ1) is 13.0. The van der Waals surface area contributed by atoms with Gasteiger partial charge in [0.15, 0.2) is 0 Å². The third-order valence-corrected chi connectivity index (χ3v) is 4.19. The van der Waals surface area contributed by atoms with Gasteiger partial charge in [-0.3, -0.25) is 0 Å². The van der Waals surface area contributed by atoms with Gasteiger partial charge in [-0.05, 0) is 31.6 Å². The van der Waals surface area contributed by atoms with Gasteiger partial charge in [0, 0.05) is 12.6 Å². The SMILES string of the molecule is CCC1CCCC1NCC(O)(CC)CC. The molecule has 0 heterocycles. The fourth-order valence-corrected chi connectivity index (χ4v) is 2.62. The van der Waals surface area contributed by atoms with E-state index in [1.54, 1.807) is 0 Å². The summed E-state index contributed by atoms with van der Waals surface area (Å²) in [5.41, 5.74) is -0.485. The molecular formula is C13H27NO. The molecule has 90 valence electrons. The van der Waals surface area contributed by atoms with Crippen molar-refractivity contribution in [3.8, 4) is 0 Å². The Balaban J connectivity index is 2.35. The Labute approximate surface area is 94.5 Å². The maximum Gasteiger partial charge on any atom is 0.0766 e. The molecule has 1 fully saturated rings. The number of nitrogens with one attached hydrogen (secondary N) is 1. The highest BCUT2D eigenvalue weighted by atomic mass is 16.3. The fraction of sp³-hybridized carbons (Fsp3) is 1.00. The average molecular weight is 213 g/mol. The molecule has 1 aliphatic rings. The molecule has 0 aromatic heterocycles. The molecule has 15 heavy (non-hydrogen) atoms. The number of rotatable bonds is 6. The molecule has 0 aliphatic heterocycles. The first-order valence-corrected chi connectivity index (χ1v) is 6.61. The Morgan fingerprint density at radius 3 is 2.40 bits per heavy atom. The van der Waals surface area contributed by atoms with E-state index in [2.05, 4.69) is 26.1 Å². The number of hydrogen-bond donors (Lipinski definition) is 2. The van der Waals surface area contributed by atoms with E-state index in [0.29, 0.717) is 6.04 Å². The first-order chi connectivity index (χ1) is 7.15. The van der Waals surface area contributed by atoms with Gasteiger partial charge >= 0.3 is 0 Å². The molecule has 0 radical (unpaired) electrons. The molecule has 0 saturated heterocycles. The van der Waals surface area contributed by atoms with Gasteiger partial charge in [0.25, 0.3) is 0 Å². The van der Waals surface area contributed by atoms with Crippen molar-refractivity contribution in [3.63, 3.8) is 0 Å². The lowest BCUT2D eigenvalue weighted by atomic mass is 9.95. The van der Waals surface area contributed by atoms with Crippen LogP contribution in [0.5, 0.6) is 0 Å². The quantitative estimate of drug-likeness (QED) is 0.711. The van der Waals surface area contributed by atoms with Gasteiger partial charge in [-0.1, -0.05) is 33.6 Å². The molecule has 0 aromatic carbocycles. The average Bonchev–Trinajstić information content (AvgIpc) is 2.73. The van der Waals surface area contributed by atoms with Gasteiger partial charge in [-0.25, -0.2) is 0 Å². The molecule has 2 nitrogen and oxygen atoms in total. The minimum atomic E-state index is -0.485. The van der Waals surface area contributed by atoms with Crippen LogP contribution < -0.4 is 5.32 Å². The van der Waals surface area contributed by atoms with E-state index < -0.39 is 5.60 Å². The Morgan fingerprint density at radius 2 is 1.87 bits per heavy atom. The molecular weight excluding hydrogens is 186 g/mol. The van der Waals surface area contributed by atoms with Crippen molar-refractivity contribution in [2.24, 2.45) is 5.92 Å². The van der Waals surface area contributed by atoms with Gasteiger partial charge < -0.3 is 10.4 Å². The van der Waals surface area contributed by atoms with E-state index in [4.69, 9.17) is 0 Å². The summed E-state index contributed by atoms with van der Waals surface area (Å²) in [6.07, 6.45) is 6.98. The zero-order chi connectivity index (χ0) is 11.3. The van der Waals surface area contributed by atoms with Gasteiger partial charge in [-0.15, -0.1) is 0 Å². The summed E-state index contributed by atoms with van der Waals surface area (Å²) in [4.78, 5) is 0. The lowest BCUT2D eigenvalue weighted by molar-refractivity contribution is 0.0286. The summed E-state index contributed by atoms with van der Waals surface area (Å²) < 4.78 is 0. The van der Waals surface area contributed by atoms with Crippen LogP contribution in [0.2, 0.25) is 0 Å². The van der Waals surface area contributed by atoms with Crippen LogP contribution in [0.1, 0.15) is 59.3 Å². The van der Waals surface area contributed by atoms with Crippen LogP contribution in [-0.2, 0) is 0 Å². The highest BCUT2D eigenvalue weighted by Crippen LogP contribution is 2.28. The molecule has 2 heteroatoms. The summed E-state index contributed by atoms with van der Waals surface area (Å²) in [6, 6.07) is 0.652. The van der Waals surface area contributed by atoms with E-state index in [9.17, 15) is 5.11 Å². The molecule has 2 N–H and O–H groups in total. The van der Waals surface area contributed by atoms with Crippen LogP contribution in [0.4, 0.5) is 0 Å². The lowest BCUT2D eigenvalue weighted by Crippen LogP contribution is -2.44. The predicted molar refractivity (Wildman–Crippen MR) is 65.0 cm³/mol. The van der Waals surface area contributed by atoms with E-state index in [0.717, 1.165) is 25.3 Å². The zero-order valence-electron chi connectivity index (χ0n) is 10.6. The number of hydrogen-bond acceptors (Lipinski definition) is 2. The van der Waals surface area contributed by atoms with Crippen LogP contribution in [0.3, 0.4) is 0 Å². The smallest absolute Gasteiger partial charge is 0.0766 e. The maximum atomic E-state index is 10.2. The van der Waals surface area contributed by atoms with E-state index in [-0.39, 0.29) is 0 Å². The molecule has 0 spiro atoms. The number of aliphatic hydroxyl groups is 1. The summed E-state index contributed by atoms with van der Waals surface area (Å²) in [6.45, 7) is 7.17. The van der Waals surface area contributed by atoms with Crippen molar-refractivity contribution in [2.45, 2.75) is 70.9 Å². The van der Waals surface area contributed by atoms with Crippen LogP contribution in [0.25, 0.3) is 0 Å². The van der Waals surface area contributed by atoms with Crippen LogP contribution >= 0.6 is 0 Å². The normalized spacial score (nSPS) is 27.2. The lowest BCUT2D eigenvalue weighted by Gasteiger charge is -2.29. The largest absolute Gasteiger partial charge is 0.389 e. The molecule has 1 saturated carbocycles. The van der Waals surface area contributed by atoms with Crippen molar-refractivity contribution in [2.75, 3.05) is 6.54 Å². The molecule has 1 aliphatic carbocycles. The molecule has 0 bridgehead atoms. The van der Waals surface area contributed by atoms with Crippen LogP contribution in [-0.4, -0.2) is 23.3 Å². The molecule has 0 amide bonds. The fourth-order valence-electron chi connectivity index (χ4n) is 2.62. The predicted octanol–water partition coefficient (Wildman–Crippen LogP) is 2.71. The van der Waals surface area contributed by atoms with Crippen LogP contribution in [0, 0.1) is 5.92 Å². The molecule has 1 rings (SSSR count). The Hall–Kier alpha value is -0.0800. The minimum absolute atomic E-state index is 0.485. The maximum absolute atomic E-state index is 10.2. The van der Waals surface area contributed by atoms with E-state index in [1.807, 2.05) is 0 Å². The van der Waals surface area contributed by atoms with E-state index in [1.165, 1.54) is 25.7 Å². The Kier molecular flexibility index (Phi) is 5.07. The van der Waals surface area contributed by atoms with Gasteiger partial charge in [0.05, 0.1) is 5.60 Å². The molecule has 2 unspecified atom stereocenters. The monoisotopic (exact) mass is 213 g/mol. The summed E-state index contributed by atoms with van der Waals surface area (Å²) in [5.74, 6) is 0.836. The van der Waals surface area contributed by atoms with Crippen molar-refractivity contribution in [1.29, 1.82) is 0 Å². The third-order valence-electron chi connectivity index (χ3n) is 4.19. The Bertz CT molecular complexity index is 177. The third kappa shape index (κ3) is 3.46. The molecule has 2 atom stereocenters. The minimum Gasteiger partial charge on any atom is -0.389 e. The van der Waals surface area contributed by atoms with Crippen molar-refractivity contribution in [1.82, 2.24) is 5.32 Å². The highest BCUT2D eigenvalue weighted by Gasteiger charge is 2.28. The standard InChI is InChI=1S/C13H27NO/c1-4-11-8-7-9-12(11)14-10-13(15,5-2)6-3/h11-12,14-15H,4-10H2,1-3H3. The topological polar surface area (TPSA) is 32.3 Å². The highest BCUT2D eigenvalue weighted by molar-refractivity contribution is 4.86. The van der Waals surface area contributed by atoms with Crippen molar-refractivity contribution < 1.29 is 5.11 Å². The van der Waals surface area contributed by atoms with Crippen molar-refractivity contribution in [3.05, 3.63) is 0 Å². The summed E-state index contributed by atoms with van der Waals surface area (Å²) in [7, 11) is 0. The second kappa shape index (κ2) is 5.86. The molecule has 0 aromatic rings. The zero-order valence-corrected chi connectivity index (χ0v) is 10.6. The second-order valence-electron chi connectivity index (χ2n) is 5.02. The van der Waals surface area contributed by atoms with Gasteiger partial charge in [0.1, 0.15) is 0 Å².